The number of hydrogen-bond donors (Lipinski definition) is 0. The lowest BCUT2D eigenvalue weighted by molar-refractivity contribution is -0.135. The molecular formula is C19H18O2. The molecule has 0 heterocycles. The third-order valence-electron chi connectivity index (χ3n) is 4.80. The maximum atomic E-state index is 12.1. The molecule has 4 rings (SSSR count). The lowest BCUT2D eigenvalue weighted by Crippen LogP contribution is -2.17. The highest BCUT2D eigenvalue weighted by atomic mass is 16.5. The first-order chi connectivity index (χ1) is 10.3. The molecule has 2 aliphatic carbocycles. The van der Waals surface area contributed by atoms with Gasteiger partial charge < -0.3 is 4.74 Å². The van der Waals surface area contributed by atoms with Crippen LogP contribution in [0.2, 0.25) is 0 Å². The second-order valence-corrected chi connectivity index (χ2v) is 6.23. The van der Waals surface area contributed by atoms with Crippen molar-refractivity contribution in [2.24, 2.45) is 17.8 Å². The second kappa shape index (κ2) is 5.03. The van der Waals surface area contributed by atoms with Gasteiger partial charge in [-0.1, -0.05) is 42.5 Å². The fraction of sp³-hybridized carbons (Fsp3) is 0.316. The van der Waals surface area contributed by atoms with Crippen LogP contribution in [0.1, 0.15) is 19.3 Å². The van der Waals surface area contributed by atoms with E-state index in [0.717, 1.165) is 17.2 Å². The summed E-state index contributed by atoms with van der Waals surface area (Å²) in [5.74, 6) is 2.33. The number of carbonyl (C=O) groups is 1. The summed E-state index contributed by atoms with van der Waals surface area (Å²) in [7, 11) is 0. The normalized spacial score (nSPS) is 26.4. The standard InChI is InChI=1S/C19H18O2/c20-19(12-17-10-13-5-6-16(17)9-13)21-18-8-7-14-3-1-2-4-15(14)11-18/h1-8,11,13,16-17H,9-10,12H2. The molecule has 2 aliphatic rings. The number of fused-ring (bicyclic) bond motifs is 3. The van der Waals surface area contributed by atoms with Gasteiger partial charge in [-0.05, 0) is 53.5 Å². The first kappa shape index (κ1) is 12.6. The fourth-order valence-electron chi connectivity index (χ4n) is 3.75. The van der Waals surface area contributed by atoms with E-state index in [1.54, 1.807) is 0 Å². The lowest BCUT2D eigenvalue weighted by atomic mass is 9.91. The van der Waals surface area contributed by atoms with Gasteiger partial charge in [-0.2, -0.15) is 0 Å². The van der Waals surface area contributed by atoms with Crippen LogP contribution in [0.25, 0.3) is 10.8 Å². The maximum Gasteiger partial charge on any atom is 0.311 e. The van der Waals surface area contributed by atoms with Crippen molar-refractivity contribution < 1.29 is 9.53 Å². The highest BCUT2D eigenvalue weighted by Crippen LogP contribution is 2.45. The van der Waals surface area contributed by atoms with E-state index in [1.807, 2.05) is 36.4 Å². The van der Waals surface area contributed by atoms with Crippen LogP contribution in [-0.2, 0) is 4.79 Å². The summed E-state index contributed by atoms with van der Waals surface area (Å²) < 4.78 is 5.53. The predicted molar refractivity (Wildman–Crippen MR) is 83.0 cm³/mol. The minimum atomic E-state index is -0.101. The molecule has 0 amide bonds. The third-order valence-corrected chi connectivity index (χ3v) is 4.80. The van der Waals surface area contributed by atoms with Crippen LogP contribution in [0.4, 0.5) is 0 Å². The number of benzene rings is 2. The van der Waals surface area contributed by atoms with Crippen LogP contribution in [0.15, 0.2) is 54.6 Å². The van der Waals surface area contributed by atoms with E-state index in [0.29, 0.717) is 29.9 Å². The number of rotatable bonds is 3. The molecular weight excluding hydrogens is 260 g/mol. The average molecular weight is 278 g/mol. The van der Waals surface area contributed by atoms with Crippen molar-refractivity contribution in [2.45, 2.75) is 19.3 Å². The monoisotopic (exact) mass is 278 g/mol. The van der Waals surface area contributed by atoms with Crippen LogP contribution in [-0.4, -0.2) is 5.97 Å². The van der Waals surface area contributed by atoms with Gasteiger partial charge in [0.05, 0.1) is 0 Å². The molecule has 2 nitrogen and oxygen atoms in total. The Morgan fingerprint density at radius 3 is 2.67 bits per heavy atom. The van der Waals surface area contributed by atoms with Gasteiger partial charge in [-0.3, -0.25) is 4.79 Å². The van der Waals surface area contributed by atoms with Gasteiger partial charge in [0, 0.05) is 6.42 Å². The molecule has 0 radical (unpaired) electrons. The van der Waals surface area contributed by atoms with E-state index in [4.69, 9.17) is 4.74 Å². The first-order valence-corrected chi connectivity index (χ1v) is 7.66. The number of allylic oxidation sites excluding steroid dienone is 2. The molecule has 21 heavy (non-hydrogen) atoms. The molecule has 2 bridgehead atoms. The van der Waals surface area contributed by atoms with Gasteiger partial charge in [0.2, 0.25) is 0 Å². The molecule has 3 unspecified atom stereocenters. The zero-order valence-corrected chi connectivity index (χ0v) is 11.9. The molecule has 1 saturated carbocycles. The highest BCUT2D eigenvalue weighted by molar-refractivity contribution is 5.84. The van der Waals surface area contributed by atoms with Crippen molar-refractivity contribution in [3.8, 4) is 5.75 Å². The number of hydrogen-bond acceptors (Lipinski definition) is 2. The Hall–Kier alpha value is -2.09. The van der Waals surface area contributed by atoms with Gasteiger partial charge in [0.15, 0.2) is 0 Å². The number of carbonyl (C=O) groups excluding carboxylic acids is 1. The van der Waals surface area contributed by atoms with E-state index in [1.165, 1.54) is 6.42 Å². The summed E-state index contributed by atoms with van der Waals surface area (Å²) in [4.78, 5) is 12.1. The Labute approximate surface area is 124 Å². The predicted octanol–water partition coefficient (Wildman–Crippen LogP) is 4.35. The number of ether oxygens (including phenoxy) is 1. The molecule has 0 saturated heterocycles. The molecule has 0 spiro atoms. The smallest absolute Gasteiger partial charge is 0.311 e. The Balaban J connectivity index is 1.44. The van der Waals surface area contributed by atoms with Crippen molar-refractivity contribution in [1.29, 1.82) is 0 Å². The van der Waals surface area contributed by atoms with Crippen LogP contribution >= 0.6 is 0 Å². The van der Waals surface area contributed by atoms with Crippen LogP contribution in [0.5, 0.6) is 5.75 Å². The molecule has 106 valence electrons. The topological polar surface area (TPSA) is 26.3 Å². The van der Waals surface area contributed by atoms with E-state index < -0.39 is 0 Å². The average Bonchev–Trinajstić information content (AvgIpc) is 3.09. The van der Waals surface area contributed by atoms with Crippen molar-refractivity contribution >= 4 is 16.7 Å². The van der Waals surface area contributed by atoms with Crippen LogP contribution in [0.3, 0.4) is 0 Å². The summed E-state index contributed by atoms with van der Waals surface area (Å²) in [5.41, 5.74) is 0. The summed E-state index contributed by atoms with van der Waals surface area (Å²) in [6.45, 7) is 0. The number of esters is 1. The minimum absolute atomic E-state index is 0.101. The first-order valence-electron chi connectivity index (χ1n) is 7.66. The lowest BCUT2D eigenvalue weighted by Gasteiger charge is -2.16. The van der Waals surface area contributed by atoms with Gasteiger partial charge in [-0.25, -0.2) is 0 Å². The maximum absolute atomic E-state index is 12.1. The van der Waals surface area contributed by atoms with Gasteiger partial charge in [0.25, 0.3) is 0 Å². The molecule has 2 aromatic rings. The summed E-state index contributed by atoms with van der Waals surface area (Å²) in [5, 5.41) is 2.26. The van der Waals surface area contributed by atoms with Crippen LogP contribution < -0.4 is 4.74 Å². The zero-order chi connectivity index (χ0) is 14.2. The van der Waals surface area contributed by atoms with Crippen molar-refractivity contribution in [3.63, 3.8) is 0 Å². The molecule has 2 heteroatoms. The largest absolute Gasteiger partial charge is 0.426 e. The highest BCUT2D eigenvalue weighted by Gasteiger charge is 2.36. The Morgan fingerprint density at radius 2 is 1.90 bits per heavy atom. The van der Waals surface area contributed by atoms with Crippen molar-refractivity contribution in [3.05, 3.63) is 54.6 Å². The SMILES string of the molecule is O=C(CC1CC2C=CC1C2)Oc1ccc2ccccc2c1. The zero-order valence-electron chi connectivity index (χ0n) is 11.9. The Morgan fingerprint density at radius 1 is 1.05 bits per heavy atom. The van der Waals surface area contributed by atoms with Gasteiger partial charge in [-0.15, -0.1) is 0 Å². The third kappa shape index (κ3) is 2.46. The Bertz CT molecular complexity index is 716. The molecule has 0 aliphatic heterocycles. The minimum Gasteiger partial charge on any atom is -0.426 e. The molecule has 3 atom stereocenters. The molecule has 1 fully saturated rings. The summed E-state index contributed by atoms with van der Waals surface area (Å²) >= 11 is 0. The van der Waals surface area contributed by atoms with E-state index in [2.05, 4.69) is 18.2 Å². The summed E-state index contributed by atoms with van der Waals surface area (Å²) in [6.07, 6.45) is 7.50. The van der Waals surface area contributed by atoms with Gasteiger partial charge >= 0.3 is 5.97 Å². The second-order valence-electron chi connectivity index (χ2n) is 6.23. The molecule has 2 aromatic carbocycles. The van der Waals surface area contributed by atoms with Crippen molar-refractivity contribution in [2.75, 3.05) is 0 Å². The Kier molecular flexibility index (Phi) is 3.03. The quantitative estimate of drug-likeness (QED) is 0.474. The fourth-order valence-corrected chi connectivity index (χ4v) is 3.75. The summed E-state index contributed by atoms with van der Waals surface area (Å²) in [6, 6.07) is 13.9. The van der Waals surface area contributed by atoms with Gasteiger partial charge in [0.1, 0.15) is 5.75 Å². The molecule has 0 aromatic heterocycles. The van der Waals surface area contributed by atoms with Crippen molar-refractivity contribution in [1.82, 2.24) is 0 Å². The van der Waals surface area contributed by atoms with E-state index >= 15 is 0 Å². The van der Waals surface area contributed by atoms with E-state index in [-0.39, 0.29) is 5.97 Å². The molecule has 0 N–H and O–H groups in total. The van der Waals surface area contributed by atoms with Crippen LogP contribution in [0, 0.1) is 17.8 Å². The van der Waals surface area contributed by atoms with E-state index in [9.17, 15) is 4.79 Å².